The minimum absolute atomic E-state index is 0.0243. The van der Waals surface area contributed by atoms with Crippen molar-refractivity contribution in [1.29, 1.82) is 0 Å². The van der Waals surface area contributed by atoms with Crippen LogP contribution in [0.25, 0.3) is 22.2 Å². The lowest BCUT2D eigenvalue weighted by atomic mass is 9.94. The summed E-state index contributed by atoms with van der Waals surface area (Å²) in [6.07, 6.45) is 8.05. The smallest absolute Gasteiger partial charge is 0.294 e. The Balaban J connectivity index is 0.00000189. The molecular weight excluding hydrogens is 514 g/mol. The van der Waals surface area contributed by atoms with E-state index in [1.54, 1.807) is 6.07 Å². The van der Waals surface area contributed by atoms with Crippen molar-refractivity contribution >= 4 is 33.9 Å². The van der Waals surface area contributed by atoms with Crippen molar-refractivity contribution < 1.29 is 4.92 Å². The van der Waals surface area contributed by atoms with Gasteiger partial charge in [-0.25, -0.2) is 9.97 Å². The Kier molecular flexibility index (Phi) is 9.94. The number of para-hydroxylation sites is 1. The first-order valence-electron chi connectivity index (χ1n) is 14.9. The molecule has 9 heteroatoms. The first-order valence-corrected chi connectivity index (χ1v) is 14.9. The average Bonchev–Trinajstić information content (AvgIpc) is 3.38. The van der Waals surface area contributed by atoms with E-state index in [1.165, 1.54) is 16.5 Å². The van der Waals surface area contributed by atoms with Crippen molar-refractivity contribution in [2.24, 2.45) is 0 Å². The van der Waals surface area contributed by atoms with Crippen LogP contribution in [0.1, 0.15) is 70.1 Å². The lowest BCUT2D eigenvalue weighted by Crippen LogP contribution is -2.18. The fourth-order valence-corrected chi connectivity index (χ4v) is 5.47. The maximum Gasteiger partial charge on any atom is 0.294 e. The molecule has 2 aromatic carbocycles. The normalized spacial score (nSPS) is 12.9. The number of anilines is 3. The van der Waals surface area contributed by atoms with E-state index >= 15 is 0 Å². The van der Waals surface area contributed by atoms with Gasteiger partial charge in [-0.15, -0.1) is 0 Å². The first-order chi connectivity index (χ1) is 19.9. The van der Waals surface area contributed by atoms with Crippen molar-refractivity contribution in [1.82, 2.24) is 19.9 Å². The first kappa shape index (κ1) is 30.0. The topological polar surface area (TPSA) is 110 Å². The molecule has 0 amide bonds. The molecule has 9 nitrogen and oxygen atoms in total. The van der Waals surface area contributed by atoms with Gasteiger partial charge in [-0.05, 0) is 61.4 Å². The number of nitrogens with zero attached hydrogens (tertiary/aromatic N) is 4. The molecule has 1 unspecified atom stereocenters. The Morgan fingerprint density at radius 1 is 1.15 bits per heavy atom. The number of nitro groups is 1. The van der Waals surface area contributed by atoms with Gasteiger partial charge >= 0.3 is 0 Å². The molecule has 0 aliphatic carbocycles. The highest BCUT2D eigenvalue weighted by Gasteiger charge is 2.23. The molecule has 1 aliphatic rings. The Bertz CT molecular complexity index is 1510. The van der Waals surface area contributed by atoms with Crippen LogP contribution in [0.15, 0.2) is 42.7 Å². The van der Waals surface area contributed by atoms with Gasteiger partial charge in [-0.3, -0.25) is 10.1 Å². The van der Waals surface area contributed by atoms with E-state index in [4.69, 9.17) is 4.98 Å². The van der Waals surface area contributed by atoms with Crippen LogP contribution < -0.4 is 16.0 Å². The van der Waals surface area contributed by atoms with E-state index in [0.29, 0.717) is 36.8 Å². The second-order valence-corrected chi connectivity index (χ2v) is 10.3. The number of nitro benzene ring substituents is 1. The Morgan fingerprint density at radius 2 is 1.95 bits per heavy atom. The van der Waals surface area contributed by atoms with Crippen LogP contribution in [0, 0.1) is 10.1 Å². The molecule has 0 saturated heterocycles. The summed E-state index contributed by atoms with van der Waals surface area (Å²) >= 11 is 0. The van der Waals surface area contributed by atoms with Crippen molar-refractivity contribution in [3.05, 3.63) is 69.5 Å². The molecule has 41 heavy (non-hydrogen) atoms. The minimum Gasteiger partial charge on any atom is -0.378 e. The molecule has 1 aliphatic heterocycles. The third-order valence-corrected chi connectivity index (χ3v) is 7.78. The van der Waals surface area contributed by atoms with Crippen molar-refractivity contribution in [3.8, 4) is 11.3 Å². The highest BCUT2D eigenvalue weighted by Crippen LogP contribution is 2.39. The zero-order valence-corrected chi connectivity index (χ0v) is 25.2. The highest BCUT2D eigenvalue weighted by molar-refractivity contribution is 5.98. The predicted molar refractivity (Wildman–Crippen MR) is 170 cm³/mol. The maximum absolute atomic E-state index is 11.9. The number of benzene rings is 2. The molecule has 0 bridgehead atoms. The molecule has 5 rings (SSSR count). The summed E-state index contributed by atoms with van der Waals surface area (Å²) in [6.45, 7) is 12.7. The number of hydrogen-bond donors (Lipinski definition) is 3. The van der Waals surface area contributed by atoms with Crippen LogP contribution in [0.4, 0.5) is 23.0 Å². The molecular formula is C32H43N7O2. The summed E-state index contributed by atoms with van der Waals surface area (Å²) in [4.78, 5) is 21.3. The van der Waals surface area contributed by atoms with E-state index in [9.17, 15) is 10.1 Å². The second kappa shape index (κ2) is 13.6. The van der Waals surface area contributed by atoms with E-state index in [0.717, 1.165) is 48.2 Å². The second-order valence-electron chi connectivity index (χ2n) is 10.3. The van der Waals surface area contributed by atoms with E-state index in [2.05, 4.69) is 63.7 Å². The average molecular weight is 558 g/mol. The number of rotatable bonds is 11. The zero-order valence-electron chi connectivity index (χ0n) is 25.2. The Hall–Kier alpha value is -3.98. The fourth-order valence-electron chi connectivity index (χ4n) is 5.47. The number of nitrogens with one attached hydrogen (secondary N) is 3. The number of hydrogen-bond acceptors (Lipinski definition) is 7. The van der Waals surface area contributed by atoms with Crippen molar-refractivity contribution in [2.45, 2.75) is 72.8 Å². The van der Waals surface area contributed by atoms with Crippen LogP contribution >= 0.6 is 0 Å². The predicted octanol–water partition coefficient (Wildman–Crippen LogP) is 7.43. The van der Waals surface area contributed by atoms with Gasteiger partial charge in [0.2, 0.25) is 5.95 Å². The monoisotopic (exact) mass is 557 g/mol. The van der Waals surface area contributed by atoms with E-state index in [-0.39, 0.29) is 16.5 Å². The van der Waals surface area contributed by atoms with Gasteiger partial charge in [-0.1, -0.05) is 52.8 Å². The summed E-state index contributed by atoms with van der Waals surface area (Å²) in [6, 6.07) is 9.99. The fraction of sp³-hybridized carbons (Fsp3) is 0.438. The zero-order chi connectivity index (χ0) is 29.5. The molecule has 0 fully saturated rings. The van der Waals surface area contributed by atoms with Gasteiger partial charge in [0, 0.05) is 49.0 Å². The van der Waals surface area contributed by atoms with Gasteiger partial charge in [0.15, 0.2) is 0 Å². The van der Waals surface area contributed by atoms with Crippen LogP contribution in [0.5, 0.6) is 0 Å². The summed E-state index contributed by atoms with van der Waals surface area (Å²) < 4.78 is 2.36. The molecule has 0 spiro atoms. The third kappa shape index (κ3) is 6.20. The Labute approximate surface area is 242 Å². The van der Waals surface area contributed by atoms with Crippen molar-refractivity contribution in [3.63, 3.8) is 0 Å². The molecule has 0 saturated carbocycles. The largest absolute Gasteiger partial charge is 0.378 e. The quantitative estimate of drug-likeness (QED) is 0.0999. The number of likely N-dealkylation sites (N-methyl/N-ethyl adjacent to an activating group) is 1. The lowest BCUT2D eigenvalue weighted by Gasteiger charge is -2.17. The molecule has 218 valence electrons. The van der Waals surface area contributed by atoms with Gasteiger partial charge in [0.25, 0.3) is 5.69 Å². The summed E-state index contributed by atoms with van der Waals surface area (Å²) in [7, 11) is 1.85. The summed E-state index contributed by atoms with van der Waals surface area (Å²) in [5.41, 5.74) is 7.96. The number of aryl methyl sites for hydroxylation is 3. The summed E-state index contributed by atoms with van der Waals surface area (Å²) in [5, 5.41) is 22.7. The lowest BCUT2D eigenvalue weighted by molar-refractivity contribution is -0.383. The minimum atomic E-state index is -0.349. The third-order valence-electron chi connectivity index (χ3n) is 7.78. The molecule has 4 aromatic rings. The Morgan fingerprint density at radius 3 is 2.66 bits per heavy atom. The highest BCUT2D eigenvalue weighted by atomic mass is 16.6. The van der Waals surface area contributed by atoms with Crippen molar-refractivity contribution in [2.75, 3.05) is 30.8 Å². The summed E-state index contributed by atoms with van der Waals surface area (Å²) in [5.74, 6) is 0.722. The molecule has 1 atom stereocenters. The van der Waals surface area contributed by atoms with Gasteiger partial charge in [0.1, 0.15) is 5.69 Å². The molecule has 2 aromatic heterocycles. The van der Waals surface area contributed by atoms with Crippen LogP contribution in [0.2, 0.25) is 0 Å². The van der Waals surface area contributed by atoms with Gasteiger partial charge in [0.05, 0.1) is 21.8 Å². The number of aromatic nitrogens is 3. The molecule has 0 radical (unpaired) electrons. The van der Waals surface area contributed by atoms with Gasteiger partial charge in [-0.2, -0.15) is 0 Å². The molecule has 3 heterocycles. The maximum atomic E-state index is 11.9. The van der Waals surface area contributed by atoms with Crippen LogP contribution in [-0.2, 0) is 19.4 Å². The molecule has 3 N–H and O–H groups in total. The SMILES string of the molecule is CC.CCc1cc(NCCNC)c([N+](=O)[O-])cc1Nc1ncc(C(C)CC)c(-c2cn3c4c(cccc24)CCC3)n1. The van der Waals surface area contributed by atoms with E-state index in [1.807, 2.05) is 40.1 Å². The van der Waals surface area contributed by atoms with Crippen LogP contribution in [0.3, 0.4) is 0 Å². The van der Waals surface area contributed by atoms with E-state index < -0.39 is 0 Å². The van der Waals surface area contributed by atoms with Gasteiger partial charge < -0.3 is 20.5 Å². The standard InChI is InChI=1S/C30H37N7O2.C2H6/c1-5-19(3)23-17-33-30(34-25-16-27(37(38)39)26(15-20(25)6-2)32-13-12-31-4)35-28(23)24-18-36-14-8-10-21-9-7-11-22(24)29(21)36;1-2/h7,9,11,15-19,31-32H,5-6,8,10,12-14H2,1-4H3,(H,33,34,35);1-2H3. The van der Waals surface area contributed by atoms with Crippen LogP contribution in [-0.4, -0.2) is 39.6 Å².